The zero-order chi connectivity index (χ0) is 24.5. The first-order chi connectivity index (χ1) is 16.0. The van der Waals surface area contributed by atoms with E-state index < -0.39 is 18.3 Å². The largest absolute Gasteiger partial charge is 0.497 e. The summed E-state index contributed by atoms with van der Waals surface area (Å²) in [5, 5.41) is 0. The number of halogens is 3. The maximum Gasteiger partial charge on any atom is 0.497 e. The van der Waals surface area contributed by atoms with Gasteiger partial charge in [0.1, 0.15) is 35.3 Å². The lowest BCUT2D eigenvalue weighted by atomic mass is 9.78. The molecule has 0 radical (unpaired) electrons. The third-order valence-corrected chi connectivity index (χ3v) is 6.83. The molecule has 3 aliphatic rings. The van der Waals surface area contributed by atoms with E-state index in [4.69, 9.17) is 28.3 Å². The molecule has 0 saturated carbocycles. The van der Waals surface area contributed by atoms with Crippen molar-refractivity contribution in [1.29, 1.82) is 0 Å². The summed E-state index contributed by atoms with van der Waals surface area (Å²) < 4.78 is 60.4. The normalized spacial score (nSPS) is 21.2. The maximum absolute atomic E-state index is 14.3. The van der Waals surface area contributed by atoms with Crippen LogP contribution in [-0.4, -0.2) is 57.0 Å². The minimum Gasteiger partial charge on any atom is -0.485 e. The molecule has 3 aliphatic heterocycles. The van der Waals surface area contributed by atoms with Gasteiger partial charge in [-0.25, -0.2) is 8.78 Å². The van der Waals surface area contributed by atoms with Gasteiger partial charge in [-0.1, -0.05) is 6.07 Å². The van der Waals surface area contributed by atoms with Crippen LogP contribution in [0.5, 0.6) is 11.5 Å². The van der Waals surface area contributed by atoms with Crippen molar-refractivity contribution in [3.8, 4) is 11.5 Å². The van der Waals surface area contributed by atoms with E-state index in [0.717, 1.165) is 0 Å². The first-order valence-electron chi connectivity index (χ1n) is 11.1. The molecule has 34 heavy (non-hydrogen) atoms. The van der Waals surface area contributed by atoms with Crippen LogP contribution >= 0.6 is 15.9 Å². The number of benzene rings is 2. The van der Waals surface area contributed by atoms with Gasteiger partial charge in [-0.3, -0.25) is 0 Å². The van der Waals surface area contributed by atoms with E-state index in [-0.39, 0.29) is 23.8 Å². The van der Waals surface area contributed by atoms with Gasteiger partial charge >= 0.3 is 7.12 Å². The lowest BCUT2D eigenvalue weighted by Gasteiger charge is -2.32. The first kappa shape index (κ1) is 25.4. The smallest absolute Gasteiger partial charge is 0.485 e. The summed E-state index contributed by atoms with van der Waals surface area (Å²) in [6.07, 6.45) is 0.104. The molecular formula is C24H28BBrF2O6. The highest BCUT2D eigenvalue weighted by Gasteiger charge is 2.52. The molecule has 3 heterocycles. The van der Waals surface area contributed by atoms with Gasteiger partial charge in [0, 0.05) is 17.6 Å². The quantitative estimate of drug-likeness (QED) is 0.528. The Morgan fingerprint density at radius 2 is 1.26 bits per heavy atom. The molecule has 0 unspecified atom stereocenters. The summed E-state index contributed by atoms with van der Waals surface area (Å²) >= 11 is 3.07. The second-order valence-corrected chi connectivity index (χ2v) is 10.3. The average Bonchev–Trinajstić information content (AvgIpc) is 2.92. The third kappa shape index (κ3) is 5.74. The Kier molecular flexibility index (Phi) is 7.54. The van der Waals surface area contributed by atoms with Gasteiger partial charge < -0.3 is 28.3 Å². The van der Waals surface area contributed by atoms with Crippen LogP contribution in [0, 0.1) is 11.6 Å². The molecular weight excluding hydrogens is 513 g/mol. The number of hydrogen-bond acceptors (Lipinski definition) is 6. The van der Waals surface area contributed by atoms with Crippen molar-refractivity contribution in [2.24, 2.45) is 0 Å². The minimum atomic E-state index is -0.698. The topological polar surface area (TPSA) is 55.4 Å². The van der Waals surface area contributed by atoms with E-state index in [9.17, 15) is 8.78 Å². The molecule has 2 aromatic rings. The van der Waals surface area contributed by atoms with Crippen molar-refractivity contribution >= 4 is 28.5 Å². The molecule has 0 amide bonds. The van der Waals surface area contributed by atoms with Gasteiger partial charge in [0.05, 0.1) is 42.1 Å². The van der Waals surface area contributed by atoms with Gasteiger partial charge in [0.25, 0.3) is 0 Å². The third-order valence-electron chi connectivity index (χ3n) is 6.19. The van der Waals surface area contributed by atoms with Crippen LogP contribution in [0.25, 0.3) is 0 Å². The van der Waals surface area contributed by atoms with E-state index >= 15 is 0 Å². The zero-order valence-electron chi connectivity index (χ0n) is 19.6. The Balaban J connectivity index is 0.000000180. The Labute approximate surface area is 207 Å². The molecule has 0 atom stereocenters. The molecule has 5 rings (SSSR count). The number of ether oxygens (including phenoxy) is 4. The standard InChI is InChI=1S/C15H20BFO4.C9H8BrFO2/c1-14(2)15(3,4)21-16(20-14)12-6-5-10(7-13(12)17)19-11-8-18-9-11;10-8-2-1-6(3-9(8)11)13-7-4-12-5-7/h5-7,11H,8-9H2,1-4H3;1-3,7H,4-5H2. The van der Waals surface area contributed by atoms with Crippen LogP contribution in [-0.2, 0) is 18.8 Å². The fraction of sp³-hybridized carbons (Fsp3) is 0.500. The van der Waals surface area contributed by atoms with Crippen molar-refractivity contribution < 1.29 is 37.0 Å². The summed E-state index contributed by atoms with van der Waals surface area (Å²) in [5.74, 6) is 0.360. The molecule has 184 valence electrons. The second kappa shape index (κ2) is 10.1. The highest BCUT2D eigenvalue weighted by Crippen LogP contribution is 2.36. The van der Waals surface area contributed by atoms with Gasteiger partial charge in [0.15, 0.2) is 0 Å². The van der Waals surface area contributed by atoms with Gasteiger partial charge in [-0.2, -0.15) is 0 Å². The lowest BCUT2D eigenvalue weighted by molar-refractivity contribution is -0.0797. The SMILES string of the molecule is CC1(C)OB(c2ccc(OC3COC3)cc2F)OC1(C)C.Fc1cc(OC2COC2)ccc1Br. The van der Waals surface area contributed by atoms with Crippen molar-refractivity contribution in [3.05, 3.63) is 52.5 Å². The molecule has 0 aromatic heterocycles. The summed E-state index contributed by atoms with van der Waals surface area (Å²) in [5.41, 5.74) is -0.573. The molecule has 3 saturated heterocycles. The molecule has 3 fully saturated rings. The van der Waals surface area contributed by atoms with Crippen molar-refractivity contribution in [3.63, 3.8) is 0 Å². The Morgan fingerprint density at radius 1 is 0.794 bits per heavy atom. The van der Waals surface area contributed by atoms with E-state index in [1.165, 1.54) is 12.1 Å². The van der Waals surface area contributed by atoms with E-state index in [2.05, 4.69) is 15.9 Å². The molecule has 0 aliphatic carbocycles. The van der Waals surface area contributed by atoms with Crippen LogP contribution in [0.15, 0.2) is 40.9 Å². The summed E-state index contributed by atoms with van der Waals surface area (Å²) in [6, 6.07) is 9.49. The minimum absolute atomic E-state index is 0.0205. The predicted octanol–water partition coefficient (Wildman–Crippen LogP) is 4.27. The fourth-order valence-electron chi connectivity index (χ4n) is 3.24. The molecule has 10 heteroatoms. The average molecular weight is 541 g/mol. The Morgan fingerprint density at radius 3 is 1.68 bits per heavy atom. The second-order valence-electron chi connectivity index (χ2n) is 9.40. The molecule has 0 N–H and O–H groups in total. The zero-order valence-corrected chi connectivity index (χ0v) is 21.2. The van der Waals surface area contributed by atoms with Crippen LogP contribution < -0.4 is 14.9 Å². The van der Waals surface area contributed by atoms with Gasteiger partial charge in [0.2, 0.25) is 0 Å². The highest BCUT2D eigenvalue weighted by atomic mass is 79.9. The summed E-state index contributed by atoms with van der Waals surface area (Å²) in [7, 11) is -0.698. The molecule has 2 aromatic carbocycles. The van der Waals surface area contributed by atoms with Crippen LogP contribution in [0.3, 0.4) is 0 Å². The lowest BCUT2D eigenvalue weighted by Crippen LogP contribution is -2.41. The maximum atomic E-state index is 14.3. The predicted molar refractivity (Wildman–Crippen MR) is 127 cm³/mol. The van der Waals surface area contributed by atoms with Gasteiger partial charge in [-0.05, 0) is 61.8 Å². The van der Waals surface area contributed by atoms with E-state index in [1.807, 2.05) is 27.7 Å². The van der Waals surface area contributed by atoms with Gasteiger partial charge in [-0.15, -0.1) is 0 Å². The fourth-order valence-corrected chi connectivity index (χ4v) is 3.49. The van der Waals surface area contributed by atoms with Crippen LogP contribution in [0.1, 0.15) is 27.7 Å². The summed E-state index contributed by atoms with van der Waals surface area (Å²) in [6.45, 7) is 10.1. The Bertz CT molecular complexity index is 997. The molecule has 0 bridgehead atoms. The monoisotopic (exact) mass is 540 g/mol. The Hall–Kier alpha value is -1.72. The van der Waals surface area contributed by atoms with E-state index in [0.29, 0.717) is 47.9 Å². The number of rotatable bonds is 5. The van der Waals surface area contributed by atoms with Crippen molar-refractivity contribution in [2.45, 2.75) is 51.1 Å². The van der Waals surface area contributed by atoms with Crippen molar-refractivity contribution in [2.75, 3.05) is 26.4 Å². The summed E-state index contributed by atoms with van der Waals surface area (Å²) in [4.78, 5) is 0. The molecule has 6 nitrogen and oxygen atoms in total. The van der Waals surface area contributed by atoms with Crippen molar-refractivity contribution in [1.82, 2.24) is 0 Å². The van der Waals surface area contributed by atoms with Crippen LogP contribution in [0.4, 0.5) is 8.78 Å². The van der Waals surface area contributed by atoms with E-state index in [1.54, 1.807) is 24.3 Å². The van der Waals surface area contributed by atoms with Crippen LogP contribution in [0.2, 0.25) is 0 Å². The first-order valence-corrected chi connectivity index (χ1v) is 11.9. The number of hydrogen-bond donors (Lipinski definition) is 0. The molecule has 0 spiro atoms. The highest BCUT2D eigenvalue weighted by molar-refractivity contribution is 9.10.